The van der Waals surface area contributed by atoms with Gasteiger partial charge < -0.3 is 4.74 Å². The Morgan fingerprint density at radius 3 is 2.71 bits per heavy atom. The lowest BCUT2D eigenvalue weighted by Gasteiger charge is -2.07. The van der Waals surface area contributed by atoms with Crippen LogP contribution >= 0.6 is 0 Å². The normalized spacial score (nSPS) is 11.5. The predicted molar refractivity (Wildman–Crippen MR) is 84.5 cm³/mol. The van der Waals surface area contributed by atoms with Gasteiger partial charge in [0.2, 0.25) is 5.95 Å². The number of methoxy groups -OCH3 is 1. The number of ether oxygens (including phenoxy) is 1. The van der Waals surface area contributed by atoms with Crippen LogP contribution in [-0.2, 0) is 11.3 Å². The van der Waals surface area contributed by atoms with Crippen molar-refractivity contribution in [1.29, 1.82) is 0 Å². The summed E-state index contributed by atoms with van der Waals surface area (Å²) in [5.74, 6) is 0.481. The molecule has 0 saturated heterocycles. The molecule has 0 radical (unpaired) electrons. The number of nitrogens with one attached hydrogen (secondary N) is 1. The Morgan fingerprint density at radius 2 is 2.00 bits per heavy atom. The molecule has 0 aliphatic carbocycles. The molecular formula is C16H20N4O. The summed E-state index contributed by atoms with van der Waals surface area (Å²) in [5, 5.41) is 4.37. The average Bonchev–Trinajstić information content (AvgIpc) is 2.45. The molecule has 1 aromatic carbocycles. The Kier molecular flexibility index (Phi) is 5.00. The summed E-state index contributed by atoms with van der Waals surface area (Å²) in [6, 6.07) is 10.0. The number of hydrogen-bond acceptors (Lipinski definition) is 5. The Bertz CT molecular complexity index is 652. The minimum absolute atomic E-state index is 0.457. The third-order valence-electron chi connectivity index (χ3n) is 3.06. The van der Waals surface area contributed by atoms with Gasteiger partial charge in [-0.05, 0) is 32.4 Å². The monoisotopic (exact) mass is 284 g/mol. The van der Waals surface area contributed by atoms with Crippen molar-refractivity contribution in [2.45, 2.75) is 27.4 Å². The van der Waals surface area contributed by atoms with Crippen LogP contribution in [0.3, 0.4) is 0 Å². The molecule has 0 aliphatic heterocycles. The Hall–Kier alpha value is -2.27. The second kappa shape index (κ2) is 6.95. The second-order valence-corrected chi connectivity index (χ2v) is 4.88. The molecule has 0 spiro atoms. The van der Waals surface area contributed by atoms with E-state index in [9.17, 15) is 0 Å². The fourth-order valence-electron chi connectivity index (χ4n) is 2.08. The SMILES string of the molecule is COCc1cc(C)nc(N/N=C(/C)c2ccccc2C)n1. The Labute approximate surface area is 125 Å². The Balaban J connectivity index is 2.18. The molecule has 21 heavy (non-hydrogen) atoms. The van der Waals surface area contributed by atoms with Crippen LogP contribution in [0.4, 0.5) is 5.95 Å². The smallest absolute Gasteiger partial charge is 0.244 e. The van der Waals surface area contributed by atoms with Crippen LogP contribution in [0.15, 0.2) is 35.4 Å². The van der Waals surface area contributed by atoms with Gasteiger partial charge in [0.1, 0.15) is 0 Å². The van der Waals surface area contributed by atoms with Crippen molar-refractivity contribution in [3.8, 4) is 0 Å². The lowest BCUT2D eigenvalue weighted by atomic mass is 10.1. The number of aromatic nitrogens is 2. The molecule has 1 aromatic heterocycles. The molecule has 1 N–H and O–H groups in total. The van der Waals surface area contributed by atoms with Crippen molar-refractivity contribution in [2.75, 3.05) is 12.5 Å². The van der Waals surface area contributed by atoms with E-state index in [4.69, 9.17) is 4.74 Å². The van der Waals surface area contributed by atoms with Gasteiger partial charge in [0.15, 0.2) is 0 Å². The van der Waals surface area contributed by atoms with Crippen LogP contribution in [0.1, 0.15) is 29.4 Å². The van der Waals surface area contributed by atoms with Crippen LogP contribution in [0, 0.1) is 13.8 Å². The summed E-state index contributed by atoms with van der Waals surface area (Å²) >= 11 is 0. The van der Waals surface area contributed by atoms with Gasteiger partial charge in [-0.3, -0.25) is 0 Å². The molecule has 5 nitrogen and oxygen atoms in total. The van der Waals surface area contributed by atoms with E-state index in [1.807, 2.05) is 38.1 Å². The van der Waals surface area contributed by atoms with Gasteiger partial charge in [-0.1, -0.05) is 24.3 Å². The number of hydrazone groups is 1. The molecule has 0 saturated carbocycles. The minimum atomic E-state index is 0.457. The summed E-state index contributed by atoms with van der Waals surface area (Å²) in [5.41, 5.74) is 7.81. The van der Waals surface area contributed by atoms with Crippen molar-refractivity contribution in [2.24, 2.45) is 5.10 Å². The molecule has 2 aromatic rings. The van der Waals surface area contributed by atoms with Gasteiger partial charge in [0.05, 0.1) is 18.0 Å². The van der Waals surface area contributed by atoms with Gasteiger partial charge in [-0.25, -0.2) is 15.4 Å². The Morgan fingerprint density at radius 1 is 1.24 bits per heavy atom. The number of anilines is 1. The summed E-state index contributed by atoms with van der Waals surface area (Å²) in [4.78, 5) is 8.68. The first kappa shape index (κ1) is 15.1. The third kappa shape index (κ3) is 4.10. The highest BCUT2D eigenvalue weighted by Gasteiger charge is 2.03. The van der Waals surface area contributed by atoms with E-state index in [1.54, 1.807) is 7.11 Å². The standard InChI is InChI=1S/C16H20N4O/c1-11-7-5-6-8-15(11)13(3)19-20-16-17-12(2)9-14(18-16)10-21-4/h5-9H,10H2,1-4H3,(H,17,18,20)/b19-13-. The first-order valence-corrected chi connectivity index (χ1v) is 6.80. The minimum Gasteiger partial charge on any atom is -0.378 e. The number of hydrogen-bond donors (Lipinski definition) is 1. The van der Waals surface area contributed by atoms with E-state index in [0.717, 1.165) is 22.7 Å². The fourth-order valence-corrected chi connectivity index (χ4v) is 2.08. The highest BCUT2D eigenvalue weighted by Crippen LogP contribution is 2.10. The van der Waals surface area contributed by atoms with Crippen molar-refractivity contribution >= 4 is 11.7 Å². The van der Waals surface area contributed by atoms with Crippen molar-refractivity contribution in [3.05, 3.63) is 52.8 Å². The summed E-state index contributed by atoms with van der Waals surface area (Å²) in [7, 11) is 1.64. The molecular weight excluding hydrogens is 264 g/mol. The van der Waals surface area contributed by atoms with E-state index >= 15 is 0 Å². The largest absolute Gasteiger partial charge is 0.378 e. The summed E-state index contributed by atoms with van der Waals surface area (Å²) < 4.78 is 5.09. The lowest BCUT2D eigenvalue weighted by Crippen LogP contribution is -2.06. The van der Waals surface area contributed by atoms with Gasteiger partial charge in [0, 0.05) is 18.4 Å². The topological polar surface area (TPSA) is 59.4 Å². The maximum atomic E-state index is 5.09. The van der Waals surface area contributed by atoms with Crippen LogP contribution in [0.2, 0.25) is 0 Å². The first-order chi connectivity index (χ1) is 10.1. The quantitative estimate of drug-likeness (QED) is 0.677. The molecule has 0 unspecified atom stereocenters. The zero-order valence-electron chi connectivity index (χ0n) is 12.8. The molecule has 2 rings (SSSR count). The summed E-state index contributed by atoms with van der Waals surface area (Å²) in [6.07, 6.45) is 0. The zero-order chi connectivity index (χ0) is 15.2. The molecule has 0 aliphatic rings. The van der Waals surface area contributed by atoms with E-state index in [1.165, 1.54) is 5.56 Å². The third-order valence-corrected chi connectivity index (χ3v) is 3.06. The zero-order valence-corrected chi connectivity index (χ0v) is 12.8. The molecule has 1 heterocycles. The van der Waals surface area contributed by atoms with Crippen molar-refractivity contribution in [3.63, 3.8) is 0 Å². The van der Waals surface area contributed by atoms with Crippen molar-refractivity contribution < 1.29 is 4.74 Å². The maximum absolute atomic E-state index is 5.09. The number of rotatable bonds is 5. The van der Waals surface area contributed by atoms with Crippen LogP contribution < -0.4 is 5.43 Å². The maximum Gasteiger partial charge on any atom is 0.244 e. The molecule has 0 bridgehead atoms. The van der Waals surface area contributed by atoms with E-state index in [0.29, 0.717) is 12.6 Å². The van der Waals surface area contributed by atoms with Crippen LogP contribution in [0.5, 0.6) is 0 Å². The second-order valence-electron chi connectivity index (χ2n) is 4.88. The molecule has 0 amide bonds. The van der Waals surface area contributed by atoms with E-state index in [2.05, 4.69) is 33.5 Å². The predicted octanol–water partition coefficient (Wildman–Crippen LogP) is 3.08. The summed E-state index contributed by atoms with van der Waals surface area (Å²) in [6.45, 7) is 6.40. The van der Waals surface area contributed by atoms with Crippen LogP contribution in [-0.4, -0.2) is 22.8 Å². The number of aryl methyl sites for hydroxylation is 2. The fraction of sp³-hybridized carbons (Fsp3) is 0.312. The number of nitrogens with zero attached hydrogens (tertiary/aromatic N) is 3. The van der Waals surface area contributed by atoms with Gasteiger partial charge in [-0.2, -0.15) is 5.10 Å². The lowest BCUT2D eigenvalue weighted by molar-refractivity contribution is 0.181. The van der Waals surface area contributed by atoms with Crippen LogP contribution in [0.25, 0.3) is 0 Å². The molecule has 0 fully saturated rings. The highest BCUT2D eigenvalue weighted by atomic mass is 16.5. The first-order valence-electron chi connectivity index (χ1n) is 6.80. The van der Waals surface area contributed by atoms with E-state index in [-0.39, 0.29) is 0 Å². The van der Waals surface area contributed by atoms with Gasteiger partial charge in [-0.15, -0.1) is 0 Å². The molecule has 0 atom stereocenters. The number of benzene rings is 1. The average molecular weight is 284 g/mol. The highest BCUT2D eigenvalue weighted by molar-refractivity contribution is 6.00. The van der Waals surface area contributed by atoms with Crippen molar-refractivity contribution in [1.82, 2.24) is 9.97 Å². The van der Waals surface area contributed by atoms with Gasteiger partial charge >= 0.3 is 0 Å². The molecule has 110 valence electrons. The van der Waals surface area contributed by atoms with E-state index < -0.39 is 0 Å². The molecule has 5 heteroatoms. The van der Waals surface area contributed by atoms with Gasteiger partial charge in [0.25, 0.3) is 0 Å².